The maximum atomic E-state index is 5.77. The Morgan fingerprint density at radius 2 is 2.28 bits per heavy atom. The van der Waals surface area contributed by atoms with E-state index in [0.29, 0.717) is 4.83 Å². The Balaban J connectivity index is 1.72. The van der Waals surface area contributed by atoms with Crippen LogP contribution >= 0.6 is 31.9 Å². The third-order valence-electron chi connectivity index (χ3n) is 3.36. The Kier molecular flexibility index (Phi) is 5.52. The van der Waals surface area contributed by atoms with Crippen molar-refractivity contribution in [3.63, 3.8) is 0 Å². The highest BCUT2D eigenvalue weighted by molar-refractivity contribution is 9.10. The molecule has 0 radical (unpaired) electrons. The number of piperidine rings is 1. The predicted molar refractivity (Wildman–Crippen MR) is 82.6 cm³/mol. The van der Waals surface area contributed by atoms with Crippen molar-refractivity contribution in [3.05, 3.63) is 28.7 Å². The van der Waals surface area contributed by atoms with Crippen molar-refractivity contribution < 1.29 is 4.74 Å². The van der Waals surface area contributed by atoms with Crippen LogP contribution in [0.25, 0.3) is 0 Å². The molecule has 1 aliphatic rings. The summed E-state index contributed by atoms with van der Waals surface area (Å²) in [7, 11) is 0. The van der Waals surface area contributed by atoms with Crippen LogP contribution in [0.5, 0.6) is 5.75 Å². The molecule has 2 rings (SSSR count). The Hall–Kier alpha value is -0.0600. The van der Waals surface area contributed by atoms with Crippen LogP contribution in [-0.2, 0) is 0 Å². The molecule has 2 unspecified atom stereocenters. The summed E-state index contributed by atoms with van der Waals surface area (Å²) in [5, 5.41) is 0. The van der Waals surface area contributed by atoms with E-state index in [1.54, 1.807) is 0 Å². The van der Waals surface area contributed by atoms with Gasteiger partial charge >= 0.3 is 0 Å². The van der Waals surface area contributed by atoms with Gasteiger partial charge in [-0.15, -0.1) is 0 Å². The van der Waals surface area contributed by atoms with Gasteiger partial charge in [0.2, 0.25) is 0 Å². The Bertz CT molecular complexity index is 386. The number of hydrogen-bond donors (Lipinski definition) is 0. The Labute approximate surface area is 126 Å². The fourth-order valence-electron chi connectivity index (χ4n) is 2.26. The summed E-state index contributed by atoms with van der Waals surface area (Å²) in [5.74, 6) is 1.66. The normalized spacial score (nSPS) is 25.1. The van der Waals surface area contributed by atoms with Crippen LogP contribution in [-0.4, -0.2) is 36.0 Å². The van der Waals surface area contributed by atoms with E-state index in [2.05, 4.69) is 43.7 Å². The van der Waals surface area contributed by atoms with E-state index in [-0.39, 0.29) is 0 Å². The summed E-state index contributed by atoms with van der Waals surface area (Å²) in [6, 6.07) is 8.01. The summed E-state index contributed by atoms with van der Waals surface area (Å²) in [6.45, 7) is 6.41. The molecule has 1 aromatic carbocycles. The van der Waals surface area contributed by atoms with Gasteiger partial charge in [-0.25, -0.2) is 0 Å². The van der Waals surface area contributed by atoms with Crippen LogP contribution in [0, 0.1) is 5.92 Å². The topological polar surface area (TPSA) is 12.5 Å². The Morgan fingerprint density at radius 1 is 1.44 bits per heavy atom. The van der Waals surface area contributed by atoms with Gasteiger partial charge in [-0.3, -0.25) is 4.90 Å². The van der Waals surface area contributed by atoms with Crippen molar-refractivity contribution >= 4 is 31.9 Å². The first-order chi connectivity index (χ1) is 8.65. The maximum absolute atomic E-state index is 5.77. The SMILES string of the molecule is CC1CN(CCOc2cccc(Br)c2)CCC1Br. The highest BCUT2D eigenvalue weighted by Crippen LogP contribution is 2.23. The van der Waals surface area contributed by atoms with E-state index < -0.39 is 0 Å². The molecule has 0 amide bonds. The average molecular weight is 377 g/mol. The first-order valence-electron chi connectivity index (χ1n) is 6.40. The molecule has 1 fully saturated rings. The summed E-state index contributed by atoms with van der Waals surface area (Å²) in [6.07, 6.45) is 1.23. The summed E-state index contributed by atoms with van der Waals surface area (Å²) in [5.41, 5.74) is 0. The first kappa shape index (κ1) is 14.4. The van der Waals surface area contributed by atoms with Crippen LogP contribution in [0.1, 0.15) is 13.3 Å². The number of nitrogens with zero attached hydrogens (tertiary/aromatic N) is 1. The quantitative estimate of drug-likeness (QED) is 0.738. The minimum absolute atomic E-state index is 0.680. The first-order valence-corrected chi connectivity index (χ1v) is 8.11. The summed E-state index contributed by atoms with van der Waals surface area (Å²) in [4.78, 5) is 3.17. The van der Waals surface area contributed by atoms with Crippen LogP contribution < -0.4 is 4.74 Å². The number of benzene rings is 1. The van der Waals surface area contributed by atoms with Crippen LogP contribution in [0.3, 0.4) is 0 Å². The van der Waals surface area contributed by atoms with Gasteiger partial charge < -0.3 is 4.74 Å². The third kappa shape index (κ3) is 4.25. The zero-order valence-corrected chi connectivity index (χ0v) is 13.8. The lowest BCUT2D eigenvalue weighted by atomic mass is 10.0. The standard InChI is InChI=1S/C14H19Br2NO/c1-11-10-17(6-5-14(11)16)7-8-18-13-4-2-3-12(15)9-13/h2-4,9,11,14H,5-8,10H2,1H3. The number of hydrogen-bond acceptors (Lipinski definition) is 2. The number of rotatable bonds is 4. The zero-order valence-electron chi connectivity index (χ0n) is 10.6. The molecule has 0 spiro atoms. The molecule has 1 aliphatic heterocycles. The molecule has 1 aromatic rings. The third-order valence-corrected chi connectivity index (χ3v) is 5.21. The lowest BCUT2D eigenvalue weighted by molar-refractivity contribution is 0.158. The van der Waals surface area contributed by atoms with Gasteiger partial charge in [0.25, 0.3) is 0 Å². The van der Waals surface area contributed by atoms with Crippen molar-refractivity contribution in [1.29, 1.82) is 0 Å². The second kappa shape index (κ2) is 6.92. The van der Waals surface area contributed by atoms with E-state index in [0.717, 1.165) is 35.8 Å². The highest BCUT2D eigenvalue weighted by Gasteiger charge is 2.23. The van der Waals surface area contributed by atoms with E-state index in [1.807, 2.05) is 24.3 Å². The second-order valence-electron chi connectivity index (χ2n) is 4.89. The zero-order chi connectivity index (χ0) is 13.0. The minimum Gasteiger partial charge on any atom is -0.492 e. The molecule has 0 N–H and O–H groups in total. The van der Waals surface area contributed by atoms with Gasteiger partial charge in [0.1, 0.15) is 12.4 Å². The van der Waals surface area contributed by atoms with Gasteiger partial charge in [0.15, 0.2) is 0 Å². The summed E-state index contributed by atoms with van der Waals surface area (Å²) >= 11 is 7.18. The molecule has 1 heterocycles. The minimum atomic E-state index is 0.680. The molecule has 4 heteroatoms. The Morgan fingerprint density at radius 3 is 3.00 bits per heavy atom. The van der Waals surface area contributed by atoms with Crippen LogP contribution in [0.4, 0.5) is 0 Å². The lowest BCUT2D eigenvalue weighted by Crippen LogP contribution is -2.41. The van der Waals surface area contributed by atoms with E-state index in [4.69, 9.17) is 4.74 Å². The van der Waals surface area contributed by atoms with Gasteiger partial charge in [-0.05, 0) is 37.1 Å². The predicted octanol–water partition coefficient (Wildman–Crippen LogP) is 3.93. The van der Waals surface area contributed by atoms with Gasteiger partial charge in [-0.1, -0.05) is 44.8 Å². The van der Waals surface area contributed by atoms with Gasteiger partial charge in [0, 0.05) is 22.4 Å². The van der Waals surface area contributed by atoms with Gasteiger partial charge in [-0.2, -0.15) is 0 Å². The molecular formula is C14H19Br2NO. The fourth-order valence-corrected chi connectivity index (χ4v) is 3.01. The van der Waals surface area contributed by atoms with E-state index >= 15 is 0 Å². The van der Waals surface area contributed by atoms with Crippen molar-refractivity contribution in [2.75, 3.05) is 26.2 Å². The lowest BCUT2D eigenvalue weighted by Gasteiger charge is -2.34. The number of likely N-dealkylation sites (tertiary alicyclic amines) is 1. The molecule has 0 aliphatic carbocycles. The molecule has 0 saturated carbocycles. The van der Waals surface area contributed by atoms with Crippen molar-refractivity contribution in [1.82, 2.24) is 4.90 Å². The summed E-state index contributed by atoms with van der Waals surface area (Å²) < 4.78 is 6.83. The van der Waals surface area contributed by atoms with Gasteiger partial charge in [0.05, 0.1) is 0 Å². The number of alkyl halides is 1. The van der Waals surface area contributed by atoms with Crippen LogP contribution in [0.2, 0.25) is 0 Å². The molecule has 0 aromatic heterocycles. The smallest absolute Gasteiger partial charge is 0.120 e. The molecular weight excluding hydrogens is 358 g/mol. The number of halogens is 2. The average Bonchev–Trinajstić information content (AvgIpc) is 2.34. The molecule has 2 atom stereocenters. The highest BCUT2D eigenvalue weighted by atomic mass is 79.9. The monoisotopic (exact) mass is 375 g/mol. The second-order valence-corrected chi connectivity index (χ2v) is 6.98. The molecule has 0 bridgehead atoms. The molecule has 100 valence electrons. The maximum Gasteiger partial charge on any atom is 0.120 e. The van der Waals surface area contributed by atoms with Crippen molar-refractivity contribution in [3.8, 4) is 5.75 Å². The molecule has 2 nitrogen and oxygen atoms in total. The van der Waals surface area contributed by atoms with E-state index in [1.165, 1.54) is 13.0 Å². The van der Waals surface area contributed by atoms with Crippen molar-refractivity contribution in [2.45, 2.75) is 18.2 Å². The fraction of sp³-hybridized carbons (Fsp3) is 0.571. The molecule has 1 saturated heterocycles. The molecule has 18 heavy (non-hydrogen) atoms. The van der Waals surface area contributed by atoms with Crippen molar-refractivity contribution in [2.24, 2.45) is 5.92 Å². The van der Waals surface area contributed by atoms with Crippen LogP contribution in [0.15, 0.2) is 28.7 Å². The largest absolute Gasteiger partial charge is 0.492 e. The number of ether oxygens (including phenoxy) is 1. The van der Waals surface area contributed by atoms with E-state index in [9.17, 15) is 0 Å².